The SMILES string of the molecule is COC(=O)c1cc(C2CC2)cnc1Nc1ccc2c(cnn2CC(C)C)c1. The van der Waals surface area contributed by atoms with Crippen LogP contribution in [-0.2, 0) is 11.3 Å². The maximum Gasteiger partial charge on any atom is 0.341 e. The van der Waals surface area contributed by atoms with Gasteiger partial charge in [-0.3, -0.25) is 4.68 Å². The Morgan fingerprint density at radius 2 is 2.11 bits per heavy atom. The van der Waals surface area contributed by atoms with E-state index < -0.39 is 0 Å². The van der Waals surface area contributed by atoms with Crippen LogP contribution in [0, 0.1) is 5.92 Å². The lowest BCUT2D eigenvalue weighted by atomic mass is 10.1. The maximum absolute atomic E-state index is 12.2. The van der Waals surface area contributed by atoms with Gasteiger partial charge in [-0.05, 0) is 54.5 Å². The Kier molecular flexibility index (Phi) is 4.56. The largest absolute Gasteiger partial charge is 0.465 e. The number of methoxy groups -OCH3 is 1. The summed E-state index contributed by atoms with van der Waals surface area (Å²) in [6, 6.07) is 7.95. The molecule has 6 heteroatoms. The summed E-state index contributed by atoms with van der Waals surface area (Å²) in [6.45, 7) is 5.23. The molecule has 0 spiro atoms. The third kappa shape index (κ3) is 3.65. The van der Waals surface area contributed by atoms with Crippen molar-refractivity contribution in [1.29, 1.82) is 0 Å². The molecule has 1 aliphatic carbocycles. The number of pyridine rings is 1. The third-order valence-corrected chi connectivity index (χ3v) is 4.81. The van der Waals surface area contributed by atoms with Crippen LogP contribution in [-0.4, -0.2) is 27.8 Å². The van der Waals surface area contributed by atoms with Crippen LogP contribution in [0.3, 0.4) is 0 Å². The first kappa shape index (κ1) is 17.5. The lowest BCUT2D eigenvalue weighted by Crippen LogP contribution is -2.08. The van der Waals surface area contributed by atoms with Gasteiger partial charge in [0.25, 0.3) is 0 Å². The zero-order valence-corrected chi connectivity index (χ0v) is 15.9. The van der Waals surface area contributed by atoms with Crippen LogP contribution in [0.1, 0.15) is 48.5 Å². The number of nitrogens with one attached hydrogen (secondary N) is 1. The van der Waals surface area contributed by atoms with Crippen molar-refractivity contribution in [3.05, 3.63) is 47.8 Å². The second kappa shape index (κ2) is 7.02. The van der Waals surface area contributed by atoms with Crippen molar-refractivity contribution >= 4 is 28.4 Å². The van der Waals surface area contributed by atoms with Gasteiger partial charge in [0, 0.05) is 23.8 Å². The molecule has 0 atom stereocenters. The van der Waals surface area contributed by atoms with E-state index in [9.17, 15) is 4.79 Å². The summed E-state index contributed by atoms with van der Waals surface area (Å²) in [5.41, 5.74) is 3.53. The van der Waals surface area contributed by atoms with Crippen LogP contribution in [0.15, 0.2) is 36.7 Å². The van der Waals surface area contributed by atoms with Crippen molar-refractivity contribution in [3.8, 4) is 0 Å². The van der Waals surface area contributed by atoms with Crippen molar-refractivity contribution in [3.63, 3.8) is 0 Å². The average molecular weight is 364 g/mol. The van der Waals surface area contributed by atoms with Gasteiger partial charge in [-0.2, -0.15) is 5.10 Å². The normalized spacial score (nSPS) is 13.9. The predicted molar refractivity (Wildman–Crippen MR) is 105 cm³/mol. The van der Waals surface area contributed by atoms with Gasteiger partial charge >= 0.3 is 5.97 Å². The lowest BCUT2D eigenvalue weighted by Gasteiger charge is -2.12. The molecule has 0 aliphatic heterocycles. The van der Waals surface area contributed by atoms with Crippen molar-refractivity contribution < 1.29 is 9.53 Å². The van der Waals surface area contributed by atoms with Crippen molar-refractivity contribution in [2.45, 2.75) is 39.2 Å². The number of hydrogen-bond acceptors (Lipinski definition) is 5. The number of nitrogens with zero attached hydrogens (tertiary/aromatic N) is 3. The first-order valence-corrected chi connectivity index (χ1v) is 9.36. The molecular weight excluding hydrogens is 340 g/mol. The smallest absolute Gasteiger partial charge is 0.341 e. The van der Waals surface area contributed by atoms with Crippen LogP contribution in [0.25, 0.3) is 10.9 Å². The molecule has 0 bridgehead atoms. The van der Waals surface area contributed by atoms with Crippen molar-refractivity contribution in [2.24, 2.45) is 5.92 Å². The van der Waals surface area contributed by atoms with Crippen LogP contribution >= 0.6 is 0 Å². The minimum absolute atomic E-state index is 0.377. The molecule has 1 aliphatic rings. The topological polar surface area (TPSA) is 69.0 Å². The average Bonchev–Trinajstić information content (AvgIpc) is 3.44. The Hall–Kier alpha value is -2.89. The van der Waals surface area contributed by atoms with E-state index in [2.05, 4.69) is 29.2 Å². The molecule has 27 heavy (non-hydrogen) atoms. The quantitative estimate of drug-likeness (QED) is 0.653. The zero-order valence-electron chi connectivity index (χ0n) is 15.9. The number of rotatable bonds is 6. The Bertz CT molecular complexity index is 989. The number of carbonyl (C=O) groups excluding carboxylic acids is 1. The van der Waals surface area contributed by atoms with Crippen LogP contribution < -0.4 is 5.32 Å². The van der Waals surface area contributed by atoms with E-state index in [1.54, 1.807) is 0 Å². The van der Waals surface area contributed by atoms with E-state index in [0.717, 1.165) is 41.5 Å². The number of aromatic nitrogens is 3. The van der Waals surface area contributed by atoms with Gasteiger partial charge in [0.15, 0.2) is 0 Å². The van der Waals surface area contributed by atoms with Gasteiger partial charge in [-0.15, -0.1) is 0 Å². The first-order valence-electron chi connectivity index (χ1n) is 9.36. The van der Waals surface area contributed by atoms with E-state index >= 15 is 0 Å². The summed E-state index contributed by atoms with van der Waals surface area (Å²) in [5.74, 6) is 1.19. The Labute approximate surface area is 158 Å². The highest BCUT2D eigenvalue weighted by molar-refractivity contribution is 5.96. The van der Waals surface area contributed by atoms with Gasteiger partial charge < -0.3 is 10.1 Å². The van der Waals surface area contributed by atoms with Crippen LogP contribution in [0.2, 0.25) is 0 Å². The highest BCUT2D eigenvalue weighted by Crippen LogP contribution is 2.40. The summed E-state index contributed by atoms with van der Waals surface area (Å²) >= 11 is 0. The number of carbonyl (C=O) groups is 1. The van der Waals surface area contributed by atoms with Crippen LogP contribution in [0.4, 0.5) is 11.5 Å². The van der Waals surface area contributed by atoms with Gasteiger partial charge in [-0.1, -0.05) is 13.8 Å². The van der Waals surface area contributed by atoms with Gasteiger partial charge in [0.1, 0.15) is 11.4 Å². The van der Waals surface area contributed by atoms with Crippen molar-refractivity contribution in [2.75, 3.05) is 12.4 Å². The van der Waals surface area contributed by atoms with E-state index in [1.807, 2.05) is 41.3 Å². The molecule has 6 nitrogen and oxygen atoms in total. The Morgan fingerprint density at radius 1 is 1.30 bits per heavy atom. The molecule has 0 unspecified atom stereocenters. The van der Waals surface area contributed by atoms with Crippen LogP contribution in [0.5, 0.6) is 0 Å². The maximum atomic E-state index is 12.2. The van der Waals surface area contributed by atoms with E-state index in [1.165, 1.54) is 7.11 Å². The molecule has 1 saturated carbocycles. The minimum atomic E-state index is -0.377. The van der Waals surface area contributed by atoms with E-state index in [-0.39, 0.29) is 5.97 Å². The molecule has 1 aromatic carbocycles. The third-order valence-electron chi connectivity index (χ3n) is 4.81. The number of benzene rings is 1. The van der Waals surface area contributed by atoms with Gasteiger partial charge in [0.2, 0.25) is 0 Å². The lowest BCUT2D eigenvalue weighted by molar-refractivity contribution is 0.0601. The number of esters is 1. The highest BCUT2D eigenvalue weighted by Gasteiger charge is 2.26. The highest BCUT2D eigenvalue weighted by atomic mass is 16.5. The second-order valence-corrected chi connectivity index (χ2v) is 7.55. The predicted octanol–water partition coefficient (Wildman–Crippen LogP) is 4.49. The molecule has 0 amide bonds. The first-order chi connectivity index (χ1) is 13.0. The fourth-order valence-electron chi connectivity index (χ4n) is 3.28. The fourth-order valence-corrected chi connectivity index (χ4v) is 3.28. The number of anilines is 2. The monoisotopic (exact) mass is 364 g/mol. The zero-order chi connectivity index (χ0) is 19.0. The molecule has 1 fully saturated rings. The van der Waals surface area contributed by atoms with Gasteiger partial charge in [0.05, 0.1) is 18.8 Å². The van der Waals surface area contributed by atoms with E-state index in [4.69, 9.17) is 4.74 Å². The second-order valence-electron chi connectivity index (χ2n) is 7.55. The molecule has 0 radical (unpaired) electrons. The molecule has 0 saturated heterocycles. The van der Waals surface area contributed by atoms with E-state index in [0.29, 0.717) is 23.2 Å². The van der Waals surface area contributed by atoms with Crippen molar-refractivity contribution in [1.82, 2.24) is 14.8 Å². The summed E-state index contributed by atoms with van der Waals surface area (Å²) in [6.07, 6.45) is 6.04. The molecule has 4 rings (SSSR count). The molecule has 140 valence electrons. The standard InChI is InChI=1S/C21H24N4O2/c1-13(2)12-25-19-7-6-17(8-16(19)11-23-25)24-20-18(21(26)27-3)9-15(10-22-20)14-4-5-14/h6-11,13-14H,4-5,12H2,1-3H3,(H,22,24). The number of fused-ring (bicyclic) bond motifs is 1. The Balaban J connectivity index is 1.64. The molecule has 3 aromatic rings. The molecule has 2 aromatic heterocycles. The number of ether oxygens (including phenoxy) is 1. The molecule has 2 heterocycles. The minimum Gasteiger partial charge on any atom is -0.465 e. The Morgan fingerprint density at radius 3 is 2.81 bits per heavy atom. The van der Waals surface area contributed by atoms with Gasteiger partial charge in [-0.25, -0.2) is 9.78 Å². The summed E-state index contributed by atoms with van der Waals surface area (Å²) < 4.78 is 6.97. The summed E-state index contributed by atoms with van der Waals surface area (Å²) in [7, 11) is 1.39. The summed E-state index contributed by atoms with van der Waals surface area (Å²) in [5, 5.41) is 8.80. The fraction of sp³-hybridized carbons (Fsp3) is 0.381. The molecular formula is C21H24N4O2. The summed E-state index contributed by atoms with van der Waals surface area (Å²) in [4.78, 5) is 16.7. The molecule has 1 N–H and O–H groups in total. The number of hydrogen-bond donors (Lipinski definition) is 1.